The molecule has 0 spiro atoms. The zero-order valence-corrected chi connectivity index (χ0v) is 21.6. The van der Waals surface area contributed by atoms with Gasteiger partial charge in [0.15, 0.2) is 5.78 Å². The Morgan fingerprint density at radius 3 is 2.49 bits per heavy atom. The molecule has 0 atom stereocenters. The highest BCUT2D eigenvalue weighted by molar-refractivity contribution is 6.04. The van der Waals surface area contributed by atoms with E-state index in [1.54, 1.807) is 24.4 Å². The van der Waals surface area contributed by atoms with Crippen molar-refractivity contribution in [1.82, 2.24) is 15.3 Å². The molecule has 1 amide bonds. The zero-order valence-electron chi connectivity index (χ0n) is 21.6. The molecule has 0 bridgehead atoms. The van der Waals surface area contributed by atoms with Crippen molar-refractivity contribution in [1.29, 1.82) is 0 Å². The number of anilines is 2. The van der Waals surface area contributed by atoms with Crippen LogP contribution in [0.15, 0.2) is 60.3 Å². The van der Waals surface area contributed by atoms with Gasteiger partial charge >= 0.3 is 0 Å². The minimum absolute atomic E-state index is 0.00374. The van der Waals surface area contributed by atoms with Crippen LogP contribution in [0.25, 0.3) is 11.3 Å². The van der Waals surface area contributed by atoms with Crippen LogP contribution in [-0.2, 0) is 11.2 Å². The van der Waals surface area contributed by atoms with E-state index in [0.717, 1.165) is 28.1 Å². The predicted molar refractivity (Wildman–Crippen MR) is 146 cm³/mol. The molecule has 1 aromatic carbocycles. The highest BCUT2D eigenvalue weighted by Gasteiger charge is 2.18. The van der Waals surface area contributed by atoms with Gasteiger partial charge in [-0.3, -0.25) is 9.59 Å². The molecule has 1 fully saturated rings. The molecule has 8 nitrogen and oxygen atoms in total. The van der Waals surface area contributed by atoms with E-state index in [0.29, 0.717) is 61.9 Å². The summed E-state index contributed by atoms with van der Waals surface area (Å²) >= 11 is 0. The number of aromatic nitrogens is 2. The maximum absolute atomic E-state index is 13.2. The number of amides is 1. The lowest BCUT2D eigenvalue weighted by Crippen LogP contribution is -2.37. The highest BCUT2D eigenvalue weighted by Crippen LogP contribution is 2.26. The Morgan fingerprint density at radius 2 is 1.81 bits per heavy atom. The number of rotatable bonds is 8. The van der Waals surface area contributed by atoms with Crippen LogP contribution in [0, 0.1) is 6.92 Å². The second-order valence-corrected chi connectivity index (χ2v) is 9.41. The number of pyridine rings is 2. The molecule has 0 radical (unpaired) electrons. The molecule has 3 heterocycles. The van der Waals surface area contributed by atoms with Crippen LogP contribution in [0.3, 0.4) is 0 Å². The third-order valence-electron chi connectivity index (χ3n) is 6.17. The van der Waals surface area contributed by atoms with Gasteiger partial charge in [0.05, 0.1) is 18.9 Å². The van der Waals surface area contributed by atoms with Crippen molar-refractivity contribution in [3.63, 3.8) is 0 Å². The second kappa shape index (κ2) is 11.8. The molecule has 4 rings (SSSR count). The number of carbonyl (C=O) groups excluding carboxylic acids is 2. The molecule has 3 aromatic rings. The van der Waals surface area contributed by atoms with E-state index in [-0.39, 0.29) is 11.7 Å². The van der Waals surface area contributed by atoms with E-state index in [9.17, 15) is 9.59 Å². The van der Waals surface area contributed by atoms with E-state index >= 15 is 0 Å². The van der Waals surface area contributed by atoms with Gasteiger partial charge in [0.2, 0.25) is 0 Å². The number of benzene rings is 1. The fraction of sp³-hybridized carbons (Fsp3) is 0.310. The van der Waals surface area contributed by atoms with Crippen molar-refractivity contribution >= 4 is 23.3 Å². The first-order valence-electron chi connectivity index (χ1n) is 12.4. The van der Waals surface area contributed by atoms with Crippen molar-refractivity contribution in [2.24, 2.45) is 0 Å². The summed E-state index contributed by atoms with van der Waals surface area (Å²) in [7, 11) is 0. The number of ether oxygens (including phenoxy) is 1. The van der Waals surface area contributed by atoms with E-state index in [4.69, 9.17) is 15.5 Å². The number of nitrogens with two attached hydrogens (primary N) is 1. The molecular weight excluding hydrogens is 466 g/mol. The monoisotopic (exact) mass is 499 g/mol. The summed E-state index contributed by atoms with van der Waals surface area (Å²) in [5.74, 6) is 1.00. The van der Waals surface area contributed by atoms with E-state index in [2.05, 4.69) is 15.2 Å². The van der Waals surface area contributed by atoms with Gasteiger partial charge in [0, 0.05) is 42.5 Å². The van der Waals surface area contributed by atoms with Gasteiger partial charge in [-0.1, -0.05) is 29.8 Å². The Morgan fingerprint density at radius 1 is 1.08 bits per heavy atom. The average molecular weight is 500 g/mol. The van der Waals surface area contributed by atoms with Crippen LogP contribution < -0.4 is 16.0 Å². The van der Waals surface area contributed by atoms with Crippen molar-refractivity contribution < 1.29 is 14.3 Å². The van der Waals surface area contributed by atoms with Gasteiger partial charge < -0.3 is 20.7 Å². The van der Waals surface area contributed by atoms with Gasteiger partial charge in [-0.05, 0) is 62.6 Å². The quantitative estimate of drug-likeness (QED) is 0.356. The van der Waals surface area contributed by atoms with Gasteiger partial charge in [-0.15, -0.1) is 0 Å². The maximum atomic E-state index is 13.2. The molecule has 0 unspecified atom stereocenters. The molecule has 1 saturated heterocycles. The standard InChI is InChI=1S/C29H33N5O3/c1-19(2)14-26(35)22-6-4-21(5-7-22)8-9-31-29(36)23-16-25(24-18-32-27(30)15-20(24)3)33-28(17-23)34-10-12-37-13-11-34/h4-7,14-18H,8-13H2,1-3H3,(H2,30,32)(H,31,36). The average Bonchev–Trinajstić information content (AvgIpc) is 2.89. The molecule has 1 aliphatic heterocycles. The topological polar surface area (TPSA) is 110 Å². The first-order valence-corrected chi connectivity index (χ1v) is 12.4. The number of morpholine rings is 1. The first-order chi connectivity index (χ1) is 17.8. The van der Waals surface area contributed by atoms with Gasteiger partial charge in [0.25, 0.3) is 5.91 Å². The molecule has 2 aromatic heterocycles. The predicted octanol–water partition coefficient (Wildman–Crippen LogP) is 3.99. The summed E-state index contributed by atoms with van der Waals surface area (Å²) in [6, 6.07) is 12.9. The Balaban J connectivity index is 1.49. The van der Waals surface area contributed by atoms with Crippen molar-refractivity contribution in [2.45, 2.75) is 27.2 Å². The summed E-state index contributed by atoms with van der Waals surface area (Å²) < 4.78 is 5.48. The van der Waals surface area contributed by atoms with Crippen LogP contribution >= 0.6 is 0 Å². The summed E-state index contributed by atoms with van der Waals surface area (Å²) in [4.78, 5) is 36.5. The fourth-order valence-corrected chi connectivity index (χ4v) is 4.19. The summed E-state index contributed by atoms with van der Waals surface area (Å²) in [5.41, 5.74) is 11.5. The number of nitrogen functional groups attached to an aromatic ring is 1. The van der Waals surface area contributed by atoms with Crippen LogP contribution in [0.1, 0.15) is 45.7 Å². The van der Waals surface area contributed by atoms with Gasteiger partial charge in [-0.2, -0.15) is 0 Å². The van der Waals surface area contributed by atoms with E-state index in [1.807, 2.05) is 51.1 Å². The van der Waals surface area contributed by atoms with Crippen molar-refractivity contribution in [3.05, 3.63) is 82.6 Å². The maximum Gasteiger partial charge on any atom is 0.251 e. The number of nitrogens with one attached hydrogen (secondary N) is 1. The summed E-state index contributed by atoms with van der Waals surface area (Å²) in [6.07, 6.45) is 3.98. The lowest BCUT2D eigenvalue weighted by Gasteiger charge is -2.28. The zero-order chi connectivity index (χ0) is 26.4. The third-order valence-corrected chi connectivity index (χ3v) is 6.17. The Hall–Kier alpha value is -4.04. The number of nitrogens with zero attached hydrogens (tertiary/aromatic N) is 3. The minimum Gasteiger partial charge on any atom is -0.384 e. The number of carbonyl (C=O) groups is 2. The molecule has 1 aliphatic rings. The van der Waals surface area contributed by atoms with Crippen LogP contribution in [0.4, 0.5) is 11.6 Å². The Labute approximate surface area is 217 Å². The van der Waals surface area contributed by atoms with Crippen LogP contribution in [0.5, 0.6) is 0 Å². The number of aryl methyl sites for hydroxylation is 1. The normalized spacial score (nSPS) is 13.2. The lowest BCUT2D eigenvalue weighted by molar-refractivity contribution is 0.0953. The molecule has 8 heteroatoms. The molecule has 192 valence electrons. The molecular formula is C29H33N5O3. The Bertz CT molecular complexity index is 1310. The highest BCUT2D eigenvalue weighted by atomic mass is 16.5. The lowest BCUT2D eigenvalue weighted by atomic mass is 10.0. The molecule has 3 N–H and O–H groups in total. The number of ketones is 1. The van der Waals surface area contributed by atoms with E-state index < -0.39 is 0 Å². The number of hydrogen-bond donors (Lipinski definition) is 2. The molecule has 0 saturated carbocycles. The largest absolute Gasteiger partial charge is 0.384 e. The summed E-state index contributed by atoms with van der Waals surface area (Å²) in [5, 5.41) is 3.02. The van der Waals surface area contributed by atoms with Crippen molar-refractivity contribution in [2.75, 3.05) is 43.5 Å². The minimum atomic E-state index is -0.172. The van der Waals surface area contributed by atoms with Crippen molar-refractivity contribution in [3.8, 4) is 11.3 Å². The van der Waals surface area contributed by atoms with Crippen LogP contribution in [0.2, 0.25) is 0 Å². The first kappa shape index (κ1) is 26.0. The third kappa shape index (κ3) is 6.80. The second-order valence-electron chi connectivity index (χ2n) is 9.41. The number of hydrogen-bond acceptors (Lipinski definition) is 7. The van der Waals surface area contributed by atoms with Gasteiger partial charge in [0.1, 0.15) is 11.6 Å². The molecule has 37 heavy (non-hydrogen) atoms. The van der Waals surface area contributed by atoms with Crippen LogP contribution in [-0.4, -0.2) is 54.5 Å². The number of allylic oxidation sites excluding steroid dienone is 2. The van der Waals surface area contributed by atoms with Gasteiger partial charge in [-0.25, -0.2) is 9.97 Å². The molecule has 0 aliphatic carbocycles. The summed E-state index contributed by atoms with van der Waals surface area (Å²) in [6.45, 7) is 8.88. The smallest absolute Gasteiger partial charge is 0.251 e. The SMILES string of the molecule is CC(C)=CC(=O)c1ccc(CCNC(=O)c2cc(-c3cnc(N)cc3C)nc(N3CCOCC3)c2)cc1. The fourth-order valence-electron chi connectivity index (χ4n) is 4.19. The van der Waals surface area contributed by atoms with E-state index in [1.165, 1.54) is 0 Å². The Kier molecular flexibility index (Phi) is 8.30.